The number of amides is 1. The van der Waals surface area contributed by atoms with E-state index in [1.54, 1.807) is 4.90 Å². The molecule has 0 aromatic carbocycles. The lowest BCUT2D eigenvalue weighted by Gasteiger charge is -2.33. The molecule has 1 heterocycles. The van der Waals surface area contributed by atoms with Gasteiger partial charge >= 0.3 is 0 Å². The van der Waals surface area contributed by atoms with E-state index >= 15 is 0 Å². The second-order valence-electron chi connectivity index (χ2n) is 5.95. The van der Waals surface area contributed by atoms with Crippen LogP contribution in [0, 0.1) is 17.2 Å². The highest BCUT2D eigenvalue weighted by molar-refractivity contribution is 5.83. The Labute approximate surface area is 115 Å². The summed E-state index contributed by atoms with van der Waals surface area (Å²) < 4.78 is 0. The first kappa shape index (κ1) is 14.3. The molecule has 2 fully saturated rings. The molecule has 2 rings (SSSR count). The Morgan fingerprint density at radius 1 is 1.32 bits per heavy atom. The van der Waals surface area contributed by atoms with Crippen LogP contribution in [0.2, 0.25) is 0 Å². The largest absolute Gasteiger partial charge is 0.322 e. The number of rotatable bonds is 3. The number of hydrogen-bond acceptors (Lipinski definition) is 3. The normalized spacial score (nSPS) is 30.1. The van der Waals surface area contributed by atoms with Gasteiger partial charge in [-0.2, -0.15) is 5.26 Å². The van der Waals surface area contributed by atoms with Crippen molar-refractivity contribution < 1.29 is 4.79 Å². The molecule has 2 aliphatic rings. The lowest BCUT2D eigenvalue weighted by Crippen LogP contribution is -2.52. The van der Waals surface area contributed by atoms with Crippen LogP contribution in [0.3, 0.4) is 0 Å². The van der Waals surface area contributed by atoms with E-state index in [1.807, 2.05) is 0 Å². The molecule has 3 atom stereocenters. The molecule has 19 heavy (non-hydrogen) atoms. The summed E-state index contributed by atoms with van der Waals surface area (Å²) in [7, 11) is 0. The third kappa shape index (κ3) is 2.92. The first-order chi connectivity index (χ1) is 9.19. The summed E-state index contributed by atoms with van der Waals surface area (Å²) in [6.45, 7) is 2.08. The number of likely N-dealkylation sites (tertiary alicyclic amines) is 1. The molecule has 4 nitrogen and oxygen atoms in total. The smallest absolute Gasteiger partial charge is 0.241 e. The molecule has 0 spiro atoms. The van der Waals surface area contributed by atoms with Crippen LogP contribution < -0.4 is 5.73 Å². The van der Waals surface area contributed by atoms with E-state index in [-0.39, 0.29) is 18.0 Å². The molecule has 1 saturated carbocycles. The maximum absolute atomic E-state index is 12.6. The minimum atomic E-state index is -0.400. The van der Waals surface area contributed by atoms with Crippen LogP contribution in [0.25, 0.3) is 0 Å². The molecule has 0 bridgehead atoms. The van der Waals surface area contributed by atoms with Crippen molar-refractivity contribution in [3.8, 4) is 6.07 Å². The highest BCUT2D eigenvalue weighted by atomic mass is 16.2. The SMILES string of the molecule is CC[C@H]1CC[C@@H](C#N)N1C(=O)C(N)C1CCCCC1. The van der Waals surface area contributed by atoms with Gasteiger partial charge in [0.2, 0.25) is 5.91 Å². The molecule has 1 aliphatic heterocycles. The van der Waals surface area contributed by atoms with Crippen LogP contribution >= 0.6 is 0 Å². The van der Waals surface area contributed by atoms with Crippen molar-refractivity contribution in [2.45, 2.75) is 76.4 Å². The monoisotopic (exact) mass is 263 g/mol. The summed E-state index contributed by atoms with van der Waals surface area (Å²) in [5.41, 5.74) is 6.20. The molecule has 1 amide bonds. The second-order valence-corrected chi connectivity index (χ2v) is 5.95. The fourth-order valence-corrected chi connectivity index (χ4v) is 3.61. The van der Waals surface area contributed by atoms with Gasteiger partial charge < -0.3 is 10.6 Å². The van der Waals surface area contributed by atoms with Gasteiger partial charge in [0.05, 0.1) is 12.1 Å². The van der Waals surface area contributed by atoms with Crippen molar-refractivity contribution in [2.24, 2.45) is 11.7 Å². The van der Waals surface area contributed by atoms with E-state index < -0.39 is 6.04 Å². The van der Waals surface area contributed by atoms with Gasteiger partial charge in [-0.05, 0) is 38.0 Å². The molecule has 4 heteroatoms. The van der Waals surface area contributed by atoms with Crippen molar-refractivity contribution in [3.63, 3.8) is 0 Å². The Morgan fingerprint density at radius 2 is 2.00 bits per heavy atom. The average molecular weight is 263 g/mol. The molecule has 106 valence electrons. The summed E-state index contributed by atoms with van der Waals surface area (Å²) in [4.78, 5) is 14.4. The van der Waals surface area contributed by atoms with Gasteiger partial charge in [0, 0.05) is 6.04 Å². The molecule has 1 aliphatic carbocycles. The van der Waals surface area contributed by atoms with Crippen molar-refractivity contribution in [3.05, 3.63) is 0 Å². The first-order valence-corrected chi connectivity index (χ1v) is 7.66. The molecular formula is C15H25N3O. The molecule has 0 radical (unpaired) electrons. The Hall–Kier alpha value is -1.08. The number of nitrogens with two attached hydrogens (primary N) is 1. The predicted molar refractivity (Wildman–Crippen MR) is 74.1 cm³/mol. The van der Waals surface area contributed by atoms with Gasteiger partial charge in [-0.1, -0.05) is 26.2 Å². The van der Waals surface area contributed by atoms with Crippen LogP contribution in [0.15, 0.2) is 0 Å². The average Bonchev–Trinajstić information content (AvgIpc) is 2.89. The Kier molecular flexibility index (Phi) is 4.81. The van der Waals surface area contributed by atoms with Crippen LogP contribution in [-0.4, -0.2) is 28.9 Å². The van der Waals surface area contributed by atoms with E-state index in [1.165, 1.54) is 19.3 Å². The number of carbonyl (C=O) groups is 1. The fraction of sp³-hybridized carbons (Fsp3) is 0.867. The molecule has 1 saturated heterocycles. The van der Waals surface area contributed by atoms with Crippen LogP contribution in [-0.2, 0) is 4.79 Å². The van der Waals surface area contributed by atoms with E-state index in [0.29, 0.717) is 5.92 Å². The van der Waals surface area contributed by atoms with Gasteiger partial charge in [0.15, 0.2) is 0 Å². The Morgan fingerprint density at radius 3 is 2.58 bits per heavy atom. The number of carbonyl (C=O) groups excluding carboxylic acids is 1. The quantitative estimate of drug-likeness (QED) is 0.848. The lowest BCUT2D eigenvalue weighted by atomic mass is 9.83. The zero-order valence-electron chi connectivity index (χ0n) is 11.8. The maximum atomic E-state index is 12.6. The van der Waals surface area contributed by atoms with E-state index in [4.69, 9.17) is 5.73 Å². The summed E-state index contributed by atoms with van der Waals surface area (Å²) in [5, 5.41) is 9.21. The standard InChI is InChI=1S/C15H25N3O/c1-2-12-8-9-13(10-16)18(12)15(19)14(17)11-6-4-3-5-7-11/h11-14H,2-9,17H2,1H3/t12-,13-,14?/m0/s1. The van der Waals surface area contributed by atoms with Crippen molar-refractivity contribution >= 4 is 5.91 Å². The summed E-state index contributed by atoms with van der Waals surface area (Å²) >= 11 is 0. The van der Waals surface area contributed by atoms with Crippen molar-refractivity contribution in [2.75, 3.05) is 0 Å². The van der Waals surface area contributed by atoms with E-state index in [2.05, 4.69) is 13.0 Å². The minimum absolute atomic E-state index is 0.0165. The fourth-order valence-electron chi connectivity index (χ4n) is 3.61. The third-order valence-electron chi connectivity index (χ3n) is 4.82. The second kappa shape index (κ2) is 6.38. The molecule has 1 unspecified atom stereocenters. The van der Waals surface area contributed by atoms with Gasteiger partial charge in [0.1, 0.15) is 6.04 Å². The van der Waals surface area contributed by atoms with Gasteiger partial charge in [0.25, 0.3) is 0 Å². The maximum Gasteiger partial charge on any atom is 0.241 e. The first-order valence-electron chi connectivity index (χ1n) is 7.66. The molecule has 2 N–H and O–H groups in total. The van der Waals surface area contributed by atoms with Gasteiger partial charge in [-0.15, -0.1) is 0 Å². The summed E-state index contributed by atoms with van der Waals surface area (Å²) in [5.74, 6) is 0.335. The van der Waals surface area contributed by atoms with Gasteiger partial charge in [-0.25, -0.2) is 0 Å². The number of hydrogen-bond donors (Lipinski definition) is 1. The number of nitrogens with zero attached hydrogens (tertiary/aromatic N) is 2. The predicted octanol–water partition coefficient (Wildman–Crippen LogP) is 2.19. The van der Waals surface area contributed by atoms with Crippen LogP contribution in [0.5, 0.6) is 0 Å². The highest BCUT2D eigenvalue weighted by Crippen LogP contribution is 2.31. The molecular weight excluding hydrogens is 238 g/mol. The third-order valence-corrected chi connectivity index (χ3v) is 4.82. The van der Waals surface area contributed by atoms with Crippen LogP contribution in [0.4, 0.5) is 0 Å². The molecule has 0 aromatic heterocycles. The number of nitriles is 1. The Balaban J connectivity index is 2.05. The van der Waals surface area contributed by atoms with Crippen molar-refractivity contribution in [1.82, 2.24) is 4.90 Å². The topological polar surface area (TPSA) is 70.1 Å². The lowest BCUT2D eigenvalue weighted by molar-refractivity contribution is -0.136. The van der Waals surface area contributed by atoms with E-state index in [9.17, 15) is 10.1 Å². The highest BCUT2D eigenvalue weighted by Gasteiger charge is 2.39. The summed E-state index contributed by atoms with van der Waals surface area (Å²) in [6, 6.07) is 1.82. The van der Waals surface area contributed by atoms with E-state index in [0.717, 1.165) is 32.1 Å². The molecule has 0 aromatic rings. The summed E-state index contributed by atoms with van der Waals surface area (Å²) in [6.07, 6.45) is 8.43. The van der Waals surface area contributed by atoms with Crippen LogP contribution in [0.1, 0.15) is 58.3 Å². The zero-order valence-corrected chi connectivity index (χ0v) is 11.8. The van der Waals surface area contributed by atoms with Gasteiger partial charge in [-0.3, -0.25) is 4.79 Å². The minimum Gasteiger partial charge on any atom is -0.322 e. The zero-order chi connectivity index (χ0) is 13.8. The van der Waals surface area contributed by atoms with Crippen molar-refractivity contribution in [1.29, 1.82) is 5.26 Å². The Bertz CT molecular complexity index is 357.